The van der Waals surface area contributed by atoms with Crippen molar-refractivity contribution in [2.75, 3.05) is 0 Å². The molecule has 0 radical (unpaired) electrons. The SMILES string of the molecule is C=Cc1c(C=C)n(-c2ccccc2)c2ccc(-c3ccc4c(c3)c3ccccc3n4-c3ccc4oc5c(-c6ccccc6)nc(-c6ccccc6)nc5c4c3)cc12. The molecule has 11 rings (SSSR count). The molecule has 0 bridgehead atoms. The van der Waals surface area contributed by atoms with Gasteiger partial charge in [-0.25, -0.2) is 9.97 Å². The smallest absolute Gasteiger partial charge is 0.180 e. The summed E-state index contributed by atoms with van der Waals surface area (Å²) >= 11 is 0. The Labute approximate surface area is 328 Å². The zero-order chi connectivity index (χ0) is 38.0. The first-order valence-electron chi connectivity index (χ1n) is 19.1. The van der Waals surface area contributed by atoms with E-state index >= 15 is 0 Å². The van der Waals surface area contributed by atoms with Gasteiger partial charge in [0.25, 0.3) is 0 Å². The van der Waals surface area contributed by atoms with Gasteiger partial charge in [-0.2, -0.15) is 0 Å². The van der Waals surface area contributed by atoms with E-state index in [-0.39, 0.29) is 0 Å². The molecule has 0 unspecified atom stereocenters. The zero-order valence-corrected chi connectivity index (χ0v) is 30.9. The highest BCUT2D eigenvalue weighted by Crippen LogP contribution is 2.40. The number of aromatic nitrogens is 4. The van der Waals surface area contributed by atoms with Gasteiger partial charge in [0.2, 0.25) is 0 Å². The van der Waals surface area contributed by atoms with Gasteiger partial charge < -0.3 is 13.6 Å². The average molecular weight is 731 g/mol. The third kappa shape index (κ3) is 5.10. The molecule has 0 saturated carbocycles. The van der Waals surface area contributed by atoms with Crippen molar-refractivity contribution in [3.63, 3.8) is 0 Å². The molecule has 0 atom stereocenters. The van der Waals surface area contributed by atoms with E-state index in [1.165, 1.54) is 10.8 Å². The molecule has 268 valence electrons. The van der Waals surface area contributed by atoms with Crippen LogP contribution in [0, 0.1) is 0 Å². The number of para-hydroxylation sites is 2. The van der Waals surface area contributed by atoms with Crippen molar-refractivity contribution in [1.29, 1.82) is 0 Å². The monoisotopic (exact) mass is 730 g/mol. The Morgan fingerprint density at radius 2 is 1.09 bits per heavy atom. The summed E-state index contributed by atoms with van der Waals surface area (Å²) in [6.07, 6.45) is 3.86. The number of hydrogen-bond donors (Lipinski definition) is 0. The molecule has 11 aromatic rings. The Hall–Kier alpha value is -7.76. The molecule has 4 aromatic heterocycles. The van der Waals surface area contributed by atoms with E-state index in [0.29, 0.717) is 11.4 Å². The van der Waals surface area contributed by atoms with Crippen LogP contribution in [0.5, 0.6) is 0 Å². The van der Waals surface area contributed by atoms with Gasteiger partial charge in [0, 0.05) is 49.6 Å². The second kappa shape index (κ2) is 12.9. The van der Waals surface area contributed by atoms with E-state index in [2.05, 4.69) is 138 Å². The Morgan fingerprint density at radius 3 is 1.81 bits per heavy atom. The summed E-state index contributed by atoms with van der Waals surface area (Å²) < 4.78 is 11.2. The van der Waals surface area contributed by atoms with Crippen molar-refractivity contribution >= 4 is 66.9 Å². The van der Waals surface area contributed by atoms with Gasteiger partial charge in [-0.1, -0.05) is 128 Å². The highest BCUT2D eigenvalue weighted by atomic mass is 16.3. The Balaban J connectivity index is 1.09. The number of furan rings is 1. The first kappa shape index (κ1) is 32.7. The number of nitrogens with zero attached hydrogens (tertiary/aromatic N) is 4. The van der Waals surface area contributed by atoms with Crippen LogP contribution in [-0.2, 0) is 0 Å². The van der Waals surface area contributed by atoms with Crippen LogP contribution < -0.4 is 0 Å². The Morgan fingerprint density at radius 1 is 0.456 bits per heavy atom. The van der Waals surface area contributed by atoms with Crippen LogP contribution in [0.1, 0.15) is 11.3 Å². The Kier molecular flexibility index (Phi) is 7.41. The van der Waals surface area contributed by atoms with E-state index in [1.807, 2.05) is 66.7 Å². The third-order valence-corrected chi connectivity index (χ3v) is 11.1. The number of fused-ring (bicyclic) bond motifs is 7. The van der Waals surface area contributed by atoms with Crippen molar-refractivity contribution in [3.8, 4) is 45.1 Å². The van der Waals surface area contributed by atoms with Crippen LogP contribution in [0.3, 0.4) is 0 Å². The van der Waals surface area contributed by atoms with Crippen molar-refractivity contribution in [3.05, 3.63) is 194 Å². The molecule has 0 amide bonds. The van der Waals surface area contributed by atoms with E-state index in [0.717, 1.165) is 89.0 Å². The molecule has 0 N–H and O–H groups in total. The molecular formula is C52H34N4O. The first-order chi connectivity index (χ1) is 28.2. The predicted molar refractivity (Wildman–Crippen MR) is 237 cm³/mol. The van der Waals surface area contributed by atoms with Crippen LogP contribution in [-0.4, -0.2) is 19.1 Å². The van der Waals surface area contributed by atoms with Crippen molar-refractivity contribution in [2.45, 2.75) is 0 Å². The maximum atomic E-state index is 6.58. The second-order valence-corrected chi connectivity index (χ2v) is 14.3. The highest BCUT2D eigenvalue weighted by Gasteiger charge is 2.21. The Bertz CT molecular complexity index is 3370. The predicted octanol–water partition coefficient (Wildman–Crippen LogP) is 13.7. The van der Waals surface area contributed by atoms with E-state index < -0.39 is 0 Å². The largest absolute Gasteiger partial charge is 0.452 e. The molecule has 0 spiro atoms. The van der Waals surface area contributed by atoms with Crippen LogP contribution >= 0.6 is 0 Å². The van der Waals surface area contributed by atoms with Gasteiger partial charge in [-0.05, 0) is 77.9 Å². The van der Waals surface area contributed by atoms with E-state index in [1.54, 1.807) is 0 Å². The minimum Gasteiger partial charge on any atom is -0.452 e. The molecule has 0 fully saturated rings. The van der Waals surface area contributed by atoms with Crippen LogP contribution in [0.2, 0.25) is 0 Å². The number of rotatable bonds is 7. The lowest BCUT2D eigenvalue weighted by Gasteiger charge is -2.10. The van der Waals surface area contributed by atoms with Gasteiger partial charge >= 0.3 is 0 Å². The molecule has 5 nitrogen and oxygen atoms in total. The summed E-state index contributed by atoms with van der Waals surface area (Å²) in [7, 11) is 0. The molecule has 0 aliphatic heterocycles. The van der Waals surface area contributed by atoms with Crippen LogP contribution in [0.25, 0.3) is 112 Å². The van der Waals surface area contributed by atoms with E-state index in [9.17, 15) is 0 Å². The maximum absolute atomic E-state index is 6.58. The summed E-state index contributed by atoms with van der Waals surface area (Å²) in [4.78, 5) is 10.2. The number of hydrogen-bond acceptors (Lipinski definition) is 3. The lowest BCUT2D eigenvalue weighted by molar-refractivity contribution is 0.667. The molecule has 0 saturated heterocycles. The summed E-state index contributed by atoms with van der Waals surface area (Å²) in [5.41, 5.74) is 14.8. The molecule has 0 aliphatic rings. The fourth-order valence-corrected chi connectivity index (χ4v) is 8.49. The van der Waals surface area contributed by atoms with Crippen LogP contribution in [0.4, 0.5) is 0 Å². The molecule has 4 heterocycles. The van der Waals surface area contributed by atoms with Gasteiger partial charge in [0.1, 0.15) is 16.8 Å². The molecule has 57 heavy (non-hydrogen) atoms. The van der Waals surface area contributed by atoms with Crippen molar-refractivity contribution < 1.29 is 4.42 Å². The minimum absolute atomic E-state index is 0.662. The van der Waals surface area contributed by atoms with Crippen molar-refractivity contribution in [1.82, 2.24) is 19.1 Å². The summed E-state index contributed by atoms with van der Waals surface area (Å²) in [5, 5.41) is 4.44. The van der Waals surface area contributed by atoms with E-state index in [4.69, 9.17) is 14.4 Å². The number of benzene rings is 7. The maximum Gasteiger partial charge on any atom is 0.180 e. The lowest BCUT2D eigenvalue weighted by Crippen LogP contribution is -1.96. The topological polar surface area (TPSA) is 48.8 Å². The standard InChI is InChI=1S/C52H34N4O/c1-3-39-41-30-35(24-27-46(41)55(44(39)4-2)37-20-12-7-13-21-37)36-25-28-47-42(31-36)40-22-14-15-23-45(40)56(47)38-26-29-48-43(32-38)50-51(57-48)49(33-16-8-5-9-17-33)53-52(54-50)34-18-10-6-11-19-34/h3-32H,1-2H2. The zero-order valence-electron chi connectivity index (χ0n) is 30.9. The minimum atomic E-state index is 0.662. The lowest BCUT2D eigenvalue weighted by atomic mass is 10.00. The summed E-state index contributed by atoms with van der Waals surface area (Å²) in [6, 6.07) is 59.3. The fourth-order valence-electron chi connectivity index (χ4n) is 8.49. The van der Waals surface area contributed by atoms with Gasteiger partial charge in [0.15, 0.2) is 11.4 Å². The molecule has 7 aromatic carbocycles. The third-order valence-electron chi connectivity index (χ3n) is 11.1. The fraction of sp³-hybridized carbons (Fsp3) is 0. The molecule has 5 heteroatoms. The van der Waals surface area contributed by atoms with Gasteiger partial charge in [-0.3, -0.25) is 0 Å². The average Bonchev–Trinajstić information content (AvgIpc) is 3.93. The molecular weight excluding hydrogens is 697 g/mol. The van der Waals surface area contributed by atoms with Gasteiger partial charge in [0.05, 0.1) is 22.2 Å². The molecule has 0 aliphatic carbocycles. The summed E-state index contributed by atoms with van der Waals surface area (Å²) in [5.74, 6) is 0.662. The highest BCUT2D eigenvalue weighted by molar-refractivity contribution is 6.12. The first-order valence-corrected chi connectivity index (χ1v) is 19.1. The van der Waals surface area contributed by atoms with Gasteiger partial charge in [-0.15, -0.1) is 0 Å². The second-order valence-electron chi connectivity index (χ2n) is 14.3. The normalized spacial score (nSPS) is 11.6. The van der Waals surface area contributed by atoms with Crippen molar-refractivity contribution in [2.24, 2.45) is 0 Å². The van der Waals surface area contributed by atoms with Crippen LogP contribution in [0.15, 0.2) is 187 Å². The summed E-state index contributed by atoms with van der Waals surface area (Å²) in [6.45, 7) is 8.37. The quantitative estimate of drug-likeness (QED) is 0.164.